The van der Waals surface area contributed by atoms with E-state index in [2.05, 4.69) is 39.4 Å². The first-order chi connectivity index (χ1) is 11.4. The number of para-hydroxylation sites is 1. The van der Waals surface area contributed by atoms with Crippen LogP contribution in [0.15, 0.2) is 24.3 Å². The predicted molar refractivity (Wildman–Crippen MR) is 104 cm³/mol. The van der Waals surface area contributed by atoms with Crippen molar-refractivity contribution in [2.24, 2.45) is 5.92 Å². The molecule has 1 aromatic carbocycles. The van der Waals surface area contributed by atoms with Gasteiger partial charge in [-0.2, -0.15) is 0 Å². The Morgan fingerprint density at radius 1 is 1.04 bits per heavy atom. The van der Waals surface area contributed by atoms with Crippen LogP contribution in [0.25, 0.3) is 10.2 Å². The van der Waals surface area contributed by atoms with Crippen molar-refractivity contribution in [1.29, 1.82) is 0 Å². The number of nitrogens with one attached hydrogen (secondary N) is 1. The molecule has 0 aliphatic carbocycles. The van der Waals surface area contributed by atoms with Crippen molar-refractivity contribution in [1.82, 2.24) is 20.1 Å². The Morgan fingerprint density at radius 3 is 2.50 bits per heavy atom. The summed E-state index contributed by atoms with van der Waals surface area (Å²) in [5.41, 5.74) is 1.15. The minimum Gasteiger partial charge on any atom is -0.317 e. The molecule has 4 rings (SSSR count). The quantitative estimate of drug-likeness (QED) is 0.901. The van der Waals surface area contributed by atoms with E-state index in [-0.39, 0.29) is 12.4 Å². The summed E-state index contributed by atoms with van der Waals surface area (Å²) in [5.74, 6) is 0.909. The molecule has 2 aliphatic rings. The van der Waals surface area contributed by atoms with Gasteiger partial charge in [-0.15, -0.1) is 23.7 Å². The van der Waals surface area contributed by atoms with Gasteiger partial charge in [0.2, 0.25) is 0 Å². The molecule has 1 aromatic heterocycles. The molecule has 24 heavy (non-hydrogen) atoms. The van der Waals surface area contributed by atoms with E-state index in [0.717, 1.165) is 18.0 Å². The number of aromatic nitrogens is 1. The fourth-order valence-electron chi connectivity index (χ4n) is 3.74. The van der Waals surface area contributed by atoms with E-state index in [9.17, 15) is 0 Å². The first-order valence-electron chi connectivity index (χ1n) is 8.87. The van der Waals surface area contributed by atoms with E-state index in [0.29, 0.717) is 0 Å². The summed E-state index contributed by atoms with van der Waals surface area (Å²) in [7, 11) is 0. The molecule has 0 bridgehead atoms. The maximum Gasteiger partial charge on any atom is 0.108 e. The van der Waals surface area contributed by atoms with Gasteiger partial charge in [0.05, 0.1) is 16.8 Å². The summed E-state index contributed by atoms with van der Waals surface area (Å²) < 4.78 is 1.31. The Hall–Kier alpha value is -0.720. The molecule has 132 valence electrons. The highest BCUT2D eigenvalue weighted by Gasteiger charge is 2.22. The lowest BCUT2D eigenvalue weighted by Gasteiger charge is -2.37. The molecule has 0 amide bonds. The van der Waals surface area contributed by atoms with E-state index in [4.69, 9.17) is 4.98 Å². The van der Waals surface area contributed by atoms with Crippen LogP contribution in [0.5, 0.6) is 0 Å². The fourth-order valence-corrected chi connectivity index (χ4v) is 4.75. The molecule has 0 saturated carbocycles. The Labute approximate surface area is 154 Å². The van der Waals surface area contributed by atoms with Crippen LogP contribution in [0.4, 0.5) is 0 Å². The van der Waals surface area contributed by atoms with Crippen molar-refractivity contribution >= 4 is 34.0 Å². The Balaban J connectivity index is 0.00000169. The molecule has 2 fully saturated rings. The van der Waals surface area contributed by atoms with Gasteiger partial charge < -0.3 is 10.2 Å². The third-order valence-corrected chi connectivity index (χ3v) is 6.16. The fraction of sp³-hybridized carbons (Fsp3) is 0.611. The number of hydrogen-bond acceptors (Lipinski definition) is 5. The summed E-state index contributed by atoms with van der Waals surface area (Å²) in [6, 6.07) is 8.47. The van der Waals surface area contributed by atoms with Crippen LogP contribution in [0, 0.1) is 5.92 Å². The summed E-state index contributed by atoms with van der Waals surface area (Å²) in [6.45, 7) is 9.53. The van der Waals surface area contributed by atoms with Crippen molar-refractivity contribution in [3.8, 4) is 0 Å². The first-order valence-corrected chi connectivity index (χ1v) is 9.68. The van der Waals surface area contributed by atoms with Crippen LogP contribution in [-0.2, 0) is 6.54 Å². The summed E-state index contributed by atoms with van der Waals surface area (Å²) in [6.07, 6.45) is 2.71. The van der Waals surface area contributed by atoms with Gasteiger partial charge in [-0.3, -0.25) is 4.90 Å². The van der Waals surface area contributed by atoms with Crippen LogP contribution in [-0.4, -0.2) is 60.6 Å². The zero-order chi connectivity index (χ0) is 15.5. The van der Waals surface area contributed by atoms with Gasteiger partial charge in [-0.25, -0.2) is 4.98 Å². The highest BCUT2D eigenvalue weighted by atomic mass is 35.5. The van der Waals surface area contributed by atoms with Gasteiger partial charge in [0.1, 0.15) is 5.01 Å². The average molecular weight is 367 g/mol. The van der Waals surface area contributed by atoms with Gasteiger partial charge in [0, 0.05) is 32.7 Å². The first kappa shape index (κ1) is 18.1. The number of piperazine rings is 1. The lowest BCUT2D eigenvalue weighted by molar-refractivity contribution is 0.107. The Morgan fingerprint density at radius 2 is 1.75 bits per heavy atom. The molecule has 0 unspecified atom stereocenters. The van der Waals surface area contributed by atoms with Gasteiger partial charge in [-0.1, -0.05) is 12.1 Å². The number of hydrogen-bond donors (Lipinski definition) is 1. The van der Waals surface area contributed by atoms with E-state index >= 15 is 0 Å². The van der Waals surface area contributed by atoms with Crippen LogP contribution in [0.3, 0.4) is 0 Å². The second-order valence-corrected chi connectivity index (χ2v) is 7.96. The zero-order valence-electron chi connectivity index (χ0n) is 14.1. The van der Waals surface area contributed by atoms with Gasteiger partial charge in [0.15, 0.2) is 0 Å². The summed E-state index contributed by atoms with van der Waals surface area (Å²) >= 11 is 1.85. The maximum absolute atomic E-state index is 4.78. The highest BCUT2D eigenvalue weighted by Crippen LogP contribution is 2.23. The number of fused-ring (bicyclic) bond motifs is 1. The number of thiazole rings is 1. The van der Waals surface area contributed by atoms with Gasteiger partial charge in [-0.05, 0) is 44.0 Å². The van der Waals surface area contributed by atoms with Crippen LogP contribution >= 0.6 is 23.7 Å². The second-order valence-electron chi connectivity index (χ2n) is 6.85. The topological polar surface area (TPSA) is 31.4 Å². The molecule has 1 N–H and O–H groups in total. The van der Waals surface area contributed by atoms with Crippen LogP contribution in [0.2, 0.25) is 0 Å². The number of benzene rings is 1. The number of halogens is 1. The molecular formula is C18H27ClN4S. The van der Waals surface area contributed by atoms with Crippen molar-refractivity contribution < 1.29 is 0 Å². The van der Waals surface area contributed by atoms with Crippen LogP contribution < -0.4 is 5.32 Å². The number of nitrogens with zero attached hydrogens (tertiary/aromatic N) is 3. The summed E-state index contributed by atoms with van der Waals surface area (Å²) in [4.78, 5) is 10.0. The lowest BCUT2D eigenvalue weighted by Crippen LogP contribution is -2.48. The van der Waals surface area contributed by atoms with Crippen LogP contribution in [0.1, 0.15) is 17.8 Å². The second kappa shape index (κ2) is 8.59. The molecule has 3 heterocycles. The van der Waals surface area contributed by atoms with E-state index < -0.39 is 0 Å². The molecule has 2 saturated heterocycles. The third kappa shape index (κ3) is 4.46. The third-order valence-electron chi connectivity index (χ3n) is 5.14. The molecule has 2 aromatic rings. The Bertz CT molecular complexity index is 600. The molecule has 4 nitrogen and oxygen atoms in total. The lowest BCUT2D eigenvalue weighted by atomic mass is 9.97. The average Bonchev–Trinajstić information content (AvgIpc) is 3.00. The predicted octanol–water partition coefficient (Wildman–Crippen LogP) is 2.84. The number of rotatable bonds is 4. The van der Waals surface area contributed by atoms with Gasteiger partial charge >= 0.3 is 0 Å². The Kier molecular flexibility index (Phi) is 6.47. The van der Waals surface area contributed by atoms with E-state index in [1.807, 2.05) is 11.3 Å². The van der Waals surface area contributed by atoms with Crippen molar-refractivity contribution in [3.05, 3.63) is 29.3 Å². The molecule has 6 heteroatoms. The summed E-state index contributed by atoms with van der Waals surface area (Å²) in [5, 5.41) is 4.73. The van der Waals surface area contributed by atoms with E-state index in [1.165, 1.54) is 68.4 Å². The van der Waals surface area contributed by atoms with Crippen molar-refractivity contribution in [2.45, 2.75) is 19.4 Å². The largest absolute Gasteiger partial charge is 0.317 e. The number of piperidine rings is 1. The highest BCUT2D eigenvalue weighted by molar-refractivity contribution is 7.18. The normalized spacial score (nSPS) is 21.0. The maximum atomic E-state index is 4.78. The zero-order valence-corrected chi connectivity index (χ0v) is 15.7. The standard InChI is InChI=1S/C18H26N4S.ClH/c1-2-4-17-16(3-1)20-18(23-17)14-22-11-9-21(10-12-22)13-15-5-7-19-8-6-15;/h1-4,15,19H,5-14H2;1H. The minimum absolute atomic E-state index is 0. The van der Waals surface area contributed by atoms with Crippen molar-refractivity contribution in [3.63, 3.8) is 0 Å². The monoisotopic (exact) mass is 366 g/mol. The molecule has 0 spiro atoms. The smallest absolute Gasteiger partial charge is 0.108 e. The van der Waals surface area contributed by atoms with E-state index in [1.54, 1.807) is 0 Å². The molecule has 2 aliphatic heterocycles. The minimum atomic E-state index is 0. The molecule has 0 radical (unpaired) electrons. The van der Waals surface area contributed by atoms with Gasteiger partial charge in [0.25, 0.3) is 0 Å². The molecular weight excluding hydrogens is 340 g/mol. The molecule has 0 atom stereocenters. The SMILES string of the molecule is Cl.c1ccc2sc(CN3CCN(CC4CCNCC4)CC3)nc2c1. The van der Waals surface area contributed by atoms with Crippen molar-refractivity contribution in [2.75, 3.05) is 45.8 Å².